The van der Waals surface area contributed by atoms with Gasteiger partial charge in [-0.1, -0.05) is 11.8 Å². The van der Waals surface area contributed by atoms with Crippen molar-refractivity contribution in [2.75, 3.05) is 0 Å². The summed E-state index contributed by atoms with van der Waals surface area (Å²) in [6.45, 7) is 0. The number of aldehydes is 1. The van der Waals surface area contributed by atoms with Crippen LogP contribution in [-0.4, -0.2) is 11.3 Å². The van der Waals surface area contributed by atoms with E-state index in [1.165, 1.54) is 11.3 Å². The SMILES string of the molecule is O=Cc1ccc(Sc2ncccc2Br)s1. The third-order valence-corrected chi connectivity index (χ3v) is 4.70. The zero-order valence-corrected chi connectivity index (χ0v) is 10.7. The van der Waals surface area contributed by atoms with Gasteiger partial charge >= 0.3 is 0 Å². The van der Waals surface area contributed by atoms with Crippen molar-refractivity contribution in [3.63, 3.8) is 0 Å². The van der Waals surface area contributed by atoms with Crippen LogP contribution in [0.25, 0.3) is 0 Å². The number of pyridine rings is 1. The molecule has 0 atom stereocenters. The fourth-order valence-corrected chi connectivity index (χ4v) is 3.34. The topological polar surface area (TPSA) is 30.0 Å². The molecule has 0 bridgehead atoms. The van der Waals surface area contributed by atoms with Gasteiger partial charge in [-0.3, -0.25) is 4.79 Å². The van der Waals surface area contributed by atoms with Gasteiger partial charge in [-0.15, -0.1) is 11.3 Å². The molecule has 0 amide bonds. The molecule has 15 heavy (non-hydrogen) atoms. The molecule has 0 unspecified atom stereocenters. The largest absolute Gasteiger partial charge is 0.297 e. The summed E-state index contributed by atoms with van der Waals surface area (Å²) < 4.78 is 2.03. The van der Waals surface area contributed by atoms with Crippen molar-refractivity contribution in [2.45, 2.75) is 9.24 Å². The number of rotatable bonds is 3. The fourth-order valence-electron chi connectivity index (χ4n) is 0.994. The molecule has 2 rings (SSSR count). The Morgan fingerprint density at radius 1 is 1.40 bits per heavy atom. The van der Waals surface area contributed by atoms with Gasteiger partial charge in [-0.25, -0.2) is 4.98 Å². The van der Waals surface area contributed by atoms with Crippen LogP contribution < -0.4 is 0 Å². The third-order valence-electron chi connectivity index (χ3n) is 1.64. The highest BCUT2D eigenvalue weighted by molar-refractivity contribution is 9.10. The summed E-state index contributed by atoms with van der Waals surface area (Å²) in [7, 11) is 0. The zero-order chi connectivity index (χ0) is 10.7. The fraction of sp³-hybridized carbons (Fsp3) is 0. The van der Waals surface area contributed by atoms with E-state index in [-0.39, 0.29) is 0 Å². The maximum absolute atomic E-state index is 10.5. The minimum atomic E-state index is 0.740. The first-order valence-corrected chi connectivity index (χ1v) is 6.55. The molecule has 0 spiro atoms. The van der Waals surface area contributed by atoms with E-state index in [2.05, 4.69) is 20.9 Å². The van der Waals surface area contributed by atoms with Crippen LogP contribution in [0.15, 0.2) is 44.2 Å². The summed E-state index contributed by atoms with van der Waals surface area (Å²) in [5, 5.41) is 0.914. The second kappa shape index (κ2) is 4.92. The van der Waals surface area contributed by atoms with Crippen molar-refractivity contribution in [2.24, 2.45) is 0 Å². The quantitative estimate of drug-likeness (QED) is 0.806. The smallest absolute Gasteiger partial charge is 0.160 e. The number of hydrogen-bond acceptors (Lipinski definition) is 4. The van der Waals surface area contributed by atoms with Crippen molar-refractivity contribution in [1.29, 1.82) is 0 Å². The molecular weight excluding hydrogens is 294 g/mol. The van der Waals surface area contributed by atoms with E-state index < -0.39 is 0 Å². The first kappa shape index (κ1) is 10.9. The van der Waals surface area contributed by atoms with Crippen LogP contribution in [0, 0.1) is 0 Å². The van der Waals surface area contributed by atoms with Crippen LogP contribution >= 0.6 is 39.0 Å². The van der Waals surface area contributed by atoms with Gasteiger partial charge < -0.3 is 0 Å². The Morgan fingerprint density at radius 3 is 2.93 bits per heavy atom. The van der Waals surface area contributed by atoms with E-state index in [0.717, 1.165) is 24.9 Å². The van der Waals surface area contributed by atoms with E-state index in [4.69, 9.17) is 0 Å². The Kier molecular flexibility index (Phi) is 3.56. The third kappa shape index (κ3) is 2.68. The Balaban J connectivity index is 2.22. The van der Waals surface area contributed by atoms with Crippen LogP contribution in [0.1, 0.15) is 9.67 Å². The number of aromatic nitrogens is 1. The van der Waals surface area contributed by atoms with E-state index in [1.807, 2.05) is 24.3 Å². The molecule has 2 heterocycles. The Bertz CT molecular complexity index is 484. The lowest BCUT2D eigenvalue weighted by Crippen LogP contribution is -1.78. The normalized spacial score (nSPS) is 10.2. The molecule has 2 aromatic heterocycles. The van der Waals surface area contributed by atoms with E-state index in [9.17, 15) is 4.79 Å². The van der Waals surface area contributed by atoms with E-state index in [0.29, 0.717) is 0 Å². The molecule has 76 valence electrons. The number of thiophene rings is 1. The monoisotopic (exact) mass is 299 g/mol. The molecule has 0 aliphatic carbocycles. The number of halogens is 1. The lowest BCUT2D eigenvalue weighted by Gasteiger charge is -1.99. The average molecular weight is 300 g/mol. The van der Waals surface area contributed by atoms with Gasteiger partial charge in [0.15, 0.2) is 6.29 Å². The van der Waals surface area contributed by atoms with Crippen LogP contribution in [-0.2, 0) is 0 Å². The van der Waals surface area contributed by atoms with Gasteiger partial charge in [0.1, 0.15) is 5.03 Å². The highest BCUT2D eigenvalue weighted by atomic mass is 79.9. The summed E-state index contributed by atoms with van der Waals surface area (Å²) in [5.41, 5.74) is 0. The summed E-state index contributed by atoms with van der Waals surface area (Å²) in [5.74, 6) is 0. The van der Waals surface area contributed by atoms with Gasteiger partial charge in [0.2, 0.25) is 0 Å². The predicted molar refractivity (Wildman–Crippen MR) is 65.8 cm³/mol. The molecule has 0 saturated heterocycles. The maximum Gasteiger partial charge on any atom is 0.160 e. The Labute approximate surface area is 104 Å². The van der Waals surface area contributed by atoms with Crippen LogP contribution in [0.2, 0.25) is 0 Å². The summed E-state index contributed by atoms with van der Waals surface area (Å²) in [6.07, 6.45) is 2.61. The van der Waals surface area contributed by atoms with Crippen molar-refractivity contribution in [3.8, 4) is 0 Å². The molecule has 0 aliphatic rings. The summed E-state index contributed by atoms with van der Waals surface area (Å²) in [6, 6.07) is 7.57. The van der Waals surface area contributed by atoms with Crippen LogP contribution in [0.3, 0.4) is 0 Å². The van der Waals surface area contributed by atoms with Crippen LogP contribution in [0.4, 0.5) is 0 Å². The summed E-state index contributed by atoms with van der Waals surface area (Å²) >= 11 is 6.45. The molecule has 0 aliphatic heterocycles. The molecule has 5 heteroatoms. The van der Waals surface area contributed by atoms with Crippen molar-refractivity contribution < 1.29 is 4.79 Å². The van der Waals surface area contributed by atoms with Gasteiger partial charge in [0.25, 0.3) is 0 Å². The van der Waals surface area contributed by atoms with Gasteiger partial charge in [0.05, 0.1) is 13.6 Å². The van der Waals surface area contributed by atoms with Gasteiger partial charge in [-0.05, 0) is 40.2 Å². The lowest BCUT2D eigenvalue weighted by molar-refractivity contribution is 0.112. The van der Waals surface area contributed by atoms with E-state index >= 15 is 0 Å². The van der Waals surface area contributed by atoms with Gasteiger partial charge in [0, 0.05) is 6.20 Å². The minimum absolute atomic E-state index is 0.740. The number of hydrogen-bond donors (Lipinski definition) is 0. The Morgan fingerprint density at radius 2 is 2.27 bits per heavy atom. The van der Waals surface area contributed by atoms with Crippen molar-refractivity contribution in [1.82, 2.24) is 4.98 Å². The average Bonchev–Trinajstić information content (AvgIpc) is 2.69. The molecule has 0 radical (unpaired) electrons. The lowest BCUT2D eigenvalue weighted by atomic mass is 10.5. The zero-order valence-electron chi connectivity index (χ0n) is 7.51. The number of nitrogens with zero attached hydrogens (tertiary/aromatic N) is 1. The first-order valence-electron chi connectivity index (χ1n) is 4.13. The van der Waals surface area contributed by atoms with Crippen molar-refractivity contribution in [3.05, 3.63) is 39.8 Å². The summed E-state index contributed by atoms with van der Waals surface area (Å²) in [4.78, 5) is 15.5. The molecular formula is C10H6BrNOS2. The van der Waals surface area contributed by atoms with Gasteiger partial charge in [-0.2, -0.15) is 0 Å². The standard InChI is InChI=1S/C10H6BrNOS2/c11-8-2-1-5-12-10(8)15-9-4-3-7(6-13)14-9/h1-6H. The van der Waals surface area contributed by atoms with E-state index in [1.54, 1.807) is 18.0 Å². The van der Waals surface area contributed by atoms with Crippen molar-refractivity contribution >= 4 is 45.3 Å². The molecule has 2 aromatic rings. The highest BCUT2D eigenvalue weighted by Gasteiger charge is 2.05. The Hall–Kier alpha value is -0.650. The minimum Gasteiger partial charge on any atom is -0.297 e. The number of carbonyl (C=O) groups is 1. The highest BCUT2D eigenvalue weighted by Crippen LogP contribution is 2.35. The number of carbonyl (C=O) groups excluding carboxylic acids is 1. The molecule has 0 fully saturated rings. The van der Waals surface area contributed by atoms with Crippen LogP contribution in [0.5, 0.6) is 0 Å². The molecule has 0 N–H and O–H groups in total. The molecule has 0 aromatic carbocycles. The first-order chi connectivity index (χ1) is 7.29. The molecule has 0 saturated carbocycles. The second-order valence-corrected chi connectivity index (χ2v) is 5.93. The predicted octanol–water partition coefficient (Wildman–Crippen LogP) is 3.87. The molecule has 2 nitrogen and oxygen atoms in total. The maximum atomic E-state index is 10.5. The second-order valence-electron chi connectivity index (χ2n) is 2.67.